The van der Waals surface area contributed by atoms with E-state index in [9.17, 15) is 9.18 Å². The average molecular weight is 338 g/mol. The number of nitrogens with one attached hydrogen (secondary N) is 1. The monoisotopic (exact) mass is 337 g/mol. The average Bonchev–Trinajstić information content (AvgIpc) is 2.40. The van der Waals surface area contributed by atoms with E-state index in [0.29, 0.717) is 17.0 Å². The minimum Gasteiger partial charge on any atom is -0.484 e. The van der Waals surface area contributed by atoms with Crippen LogP contribution in [0, 0.1) is 12.7 Å². The highest BCUT2D eigenvalue weighted by Crippen LogP contribution is 2.17. The van der Waals surface area contributed by atoms with E-state index >= 15 is 0 Å². The molecule has 1 amide bonds. The molecule has 0 aliphatic carbocycles. The summed E-state index contributed by atoms with van der Waals surface area (Å²) in [6.45, 7) is 1.49. The molecule has 0 unspecified atom stereocenters. The van der Waals surface area contributed by atoms with Gasteiger partial charge in [0.15, 0.2) is 6.61 Å². The number of amides is 1. The lowest BCUT2D eigenvalue weighted by molar-refractivity contribution is -0.118. The van der Waals surface area contributed by atoms with E-state index in [1.54, 1.807) is 31.2 Å². The highest BCUT2D eigenvalue weighted by Gasteiger charge is 2.05. The molecule has 20 heavy (non-hydrogen) atoms. The van der Waals surface area contributed by atoms with E-state index in [0.717, 1.165) is 4.47 Å². The van der Waals surface area contributed by atoms with Gasteiger partial charge in [0.05, 0.1) is 0 Å². The van der Waals surface area contributed by atoms with Crippen LogP contribution in [0.25, 0.3) is 0 Å². The van der Waals surface area contributed by atoms with E-state index < -0.39 is 0 Å². The summed E-state index contributed by atoms with van der Waals surface area (Å²) in [6.07, 6.45) is 0. The second-order valence-corrected chi connectivity index (χ2v) is 5.17. The molecule has 0 heterocycles. The maximum atomic E-state index is 13.3. The van der Waals surface area contributed by atoms with Crippen molar-refractivity contribution in [3.63, 3.8) is 0 Å². The van der Waals surface area contributed by atoms with Gasteiger partial charge in [-0.15, -0.1) is 0 Å². The molecule has 2 aromatic carbocycles. The molecule has 0 atom stereocenters. The van der Waals surface area contributed by atoms with Gasteiger partial charge in [-0.05, 0) is 36.8 Å². The van der Waals surface area contributed by atoms with Crippen LogP contribution < -0.4 is 10.1 Å². The fourth-order valence-corrected chi connectivity index (χ4v) is 1.97. The van der Waals surface area contributed by atoms with Crippen molar-refractivity contribution in [1.82, 2.24) is 0 Å². The number of hydrogen-bond donors (Lipinski definition) is 1. The summed E-state index contributed by atoms with van der Waals surface area (Å²) < 4.78 is 19.4. The molecule has 2 rings (SSSR count). The van der Waals surface area contributed by atoms with Gasteiger partial charge in [0, 0.05) is 16.2 Å². The summed E-state index contributed by atoms with van der Waals surface area (Å²) in [6, 6.07) is 11.7. The fourth-order valence-electron chi connectivity index (χ4n) is 1.58. The van der Waals surface area contributed by atoms with Gasteiger partial charge in [-0.2, -0.15) is 0 Å². The molecular weight excluding hydrogens is 325 g/mol. The van der Waals surface area contributed by atoms with Crippen LogP contribution in [0.1, 0.15) is 5.56 Å². The summed E-state index contributed by atoms with van der Waals surface area (Å²) in [5.74, 6) is -0.323. The third kappa shape index (κ3) is 4.06. The van der Waals surface area contributed by atoms with Gasteiger partial charge in [-0.25, -0.2) is 4.39 Å². The van der Waals surface area contributed by atoms with Crippen molar-refractivity contribution in [2.75, 3.05) is 11.9 Å². The third-order valence-corrected chi connectivity index (χ3v) is 3.11. The Bertz CT molecular complexity index is 631. The Morgan fingerprint density at radius 1 is 1.30 bits per heavy atom. The van der Waals surface area contributed by atoms with Crippen molar-refractivity contribution < 1.29 is 13.9 Å². The van der Waals surface area contributed by atoms with Gasteiger partial charge in [0.1, 0.15) is 11.6 Å². The topological polar surface area (TPSA) is 38.3 Å². The van der Waals surface area contributed by atoms with Crippen LogP contribution >= 0.6 is 15.9 Å². The Hall–Kier alpha value is -1.88. The van der Waals surface area contributed by atoms with E-state index in [2.05, 4.69) is 21.2 Å². The SMILES string of the molecule is Cc1ccc(OCC(=O)Nc2cccc(Br)c2)cc1F. The van der Waals surface area contributed by atoms with Gasteiger partial charge >= 0.3 is 0 Å². The lowest BCUT2D eigenvalue weighted by Crippen LogP contribution is -2.20. The molecule has 0 bridgehead atoms. The van der Waals surface area contributed by atoms with E-state index in [1.165, 1.54) is 6.07 Å². The van der Waals surface area contributed by atoms with Crippen molar-refractivity contribution >= 4 is 27.5 Å². The number of halogens is 2. The Morgan fingerprint density at radius 3 is 2.80 bits per heavy atom. The molecule has 2 aromatic rings. The first-order valence-electron chi connectivity index (χ1n) is 5.99. The summed E-state index contributed by atoms with van der Waals surface area (Å²) in [4.78, 5) is 11.7. The molecule has 3 nitrogen and oxygen atoms in total. The largest absolute Gasteiger partial charge is 0.484 e. The van der Waals surface area contributed by atoms with Crippen LogP contribution in [0.5, 0.6) is 5.75 Å². The minimum absolute atomic E-state index is 0.172. The standard InChI is InChI=1S/C15H13BrFNO2/c1-10-5-6-13(8-14(10)17)20-9-15(19)18-12-4-2-3-11(16)7-12/h2-8H,9H2,1H3,(H,18,19). The lowest BCUT2D eigenvalue weighted by atomic mass is 10.2. The van der Waals surface area contributed by atoms with Crippen LogP contribution in [0.4, 0.5) is 10.1 Å². The van der Waals surface area contributed by atoms with Gasteiger partial charge in [-0.3, -0.25) is 4.79 Å². The first kappa shape index (κ1) is 14.5. The van der Waals surface area contributed by atoms with Crippen molar-refractivity contribution in [2.45, 2.75) is 6.92 Å². The number of benzene rings is 2. The van der Waals surface area contributed by atoms with Gasteiger partial charge in [0.25, 0.3) is 5.91 Å². The second kappa shape index (κ2) is 6.52. The molecule has 0 spiro atoms. The predicted octanol–water partition coefficient (Wildman–Crippen LogP) is 3.91. The molecule has 1 N–H and O–H groups in total. The molecule has 104 valence electrons. The van der Waals surface area contributed by atoms with Gasteiger partial charge in [-0.1, -0.05) is 28.1 Å². The summed E-state index contributed by atoms with van der Waals surface area (Å²) in [5.41, 5.74) is 1.21. The Labute approximate surface area is 124 Å². The molecule has 0 radical (unpaired) electrons. The Balaban J connectivity index is 1.90. The number of rotatable bonds is 4. The number of anilines is 1. The third-order valence-electron chi connectivity index (χ3n) is 2.62. The number of carbonyl (C=O) groups excluding carboxylic acids is 1. The number of ether oxygens (including phenoxy) is 1. The predicted molar refractivity (Wildman–Crippen MR) is 79.4 cm³/mol. The van der Waals surface area contributed by atoms with Crippen LogP contribution in [0.2, 0.25) is 0 Å². The highest BCUT2D eigenvalue weighted by atomic mass is 79.9. The first-order chi connectivity index (χ1) is 9.54. The molecule has 0 aliphatic rings. The zero-order valence-corrected chi connectivity index (χ0v) is 12.4. The quantitative estimate of drug-likeness (QED) is 0.918. The zero-order valence-electron chi connectivity index (χ0n) is 10.8. The van der Waals surface area contributed by atoms with Crippen molar-refractivity contribution in [3.05, 3.63) is 58.3 Å². The number of hydrogen-bond acceptors (Lipinski definition) is 2. The molecular formula is C15H13BrFNO2. The zero-order chi connectivity index (χ0) is 14.5. The molecule has 0 saturated carbocycles. The van der Waals surface area contributed by atoms with E-state index in [-0.39, 0.29) is 18.3 Å². The molecule has 0 aromatic heterocycles. The van der Waals surface area contributed by atoms with E-state index in [4.69, 9.17) is 4.74 Å². The van der Waals surface area contributed by atoms with Crippen molar-refractivity contribution in [2.24, 2.45) is 0 Å². The molecule has 0 aliphatic heterocycles. The molecule has 0 fully saturated rings. The van der Waals surface area contributed by atoms with Crippen LogP contribution in [-0.4, -0.2) is 12.5 Å². The van der Waals surface area contributed by atoms with Crippen molar-refractivity contribution in [3.8, 4) is 5.75 Å². The van der Waals surface area contributed by atoms with Gasteiger partial charge in [0.2, 0.25) is 0 Å². The maximum Gasteiger partial charge on any atom is 0.262 e. The lowest BCUT2D eigenvalue weighted by Gasteiger charge is -2.08. The molecule has 5 heteroatoms. The van der Waals surface area contributed by atoms with Gasteiger partial charge < -0.3 is 10.1 Å². The van der Waals surface area contributed by atoms with Crippen LogP contribution in [0.15, 0.2) is 46.9 Å². The normalized spacial score (nSPS) is 10.2. The van der Waals surface area contributed by atoms with Crippen molar-refractivity contribution in [1.29, 1.82) is 0 Å². The fraction of sp³-hybridized carbons (Fsp3) is 0.133. The summed E-state index contributed by atoms with van der Waals surface area (Å²) in [5, 5.41) is 2.69. The number of carbonyl (C=O) groups is 1. The first-order valence-corrected chi connectivity index (χ1v) is 6.78. The van der Waals surface area contributed by atoms with Crippen LogP contribution in [0.3, 0.4) is 0 Å². The Morgan fingerprint density at radius 2 is 2.10 bits per heavy atom. The minimum atomic E-state index is -0.352. The Kier molecular flexibility index (Phi) is 4.74. The summed E-state index contributed by atoms with van der Waals surface area (Å²) >= 11 is 3.32. The second-order valence-electron chi connectivity index (χ2n) is 4.26. The number of aryl methyl sites for hydroxylation is 1. The summed E-state index contributed by atoms with van der Waals surface area (Å²) in [7, 11) is 0. The molecule has 0 saturated heterocycles. The van der Waals surface area contributed by atoms with E-state index in [1.807, 2.05) is 12.1 Å². The smallest absolute Gasteiger partial charge is 0.262 e. The van der Waals surface area contributed by atoms with Crippen LogP contribution in [-0.2, 0) is 4.79 Å². The highest BCUT2D eigenvalue weighted by molar-refractivity contribution is 9.10. The maximum absolute atomic E-state index is 13.3.